The molecule has 0 radical (unpaired) electrons. The van der Waals surface area contributed by atoms with Crippen molar-refractivity contribution in [2.45, 2.75) is 6.61 Å². The van der Waals surface area contributed by atoms with E-state index in [4.69, 9.17) is 18.9 Å². The molecule has 0 unspecified atom stereocenters. The number of carbonyl (C=O) groups excluding carboxylic acids is 1. The molecule has 166 valence electrons. The lowest BCUT2D eigenvalue weighted by atomic mass is 10.1. The molecule has 7 nitrogen and oxygen atoms in total. The Bertz CT molecular complexity index is 1250. The summed E-state index contributed by atoms with van der Waals surface area (Å²) in [7, 11) is 1.53. The van der Waals surface area contributed by atoms with Crippen LogP contribution in [0.15, 0.2) is 70.7 Å². The first-order valence-electron chi connectivity index (χ1n) is 9.94. The molecule has 0 aromatic heterocycles. The number of ether oxygens (including phenoxy) is 4. The van der Waals surface area contributed by atoms with Crippen molar-refractivity contribution < 1.29 is 23.7 Å². The molecule has 0 saturated carbocycles. The van der Waals surface area contributed by atoms with Crippen molar-refractivity contribution in [3.8, 4) is 29.1 Å². The molecule has 1 heterocycles. The van der Waals surface area contributed by atoms with Gasteiger partial charge in [-0.15, -0.1) is 0 Å². The normalized spacial score (nSPS) is 12.1. The molecule has 1 aliphatic heterocycles. The smallest absolute Gasteiger partial charge is 0.266 e. The molecule has 3 aromatic carbocycles. The first-order chi connectivity index (χ1) is 16.1. The molecule has 0 fully saturated rings. The van der Waals surface area contributed by atoms with Gasteiger partial charge in [0.25, 0.3) is 5.91 Å². The fourth-order valence-electron chi connectivity index (χ4n) is 3.15. The molecule has 1 aliphatic rings. The van der Waals surface area contributed by atoms with Gasteiger partial charge in [0, 0.05) is 10.2 Å². The van der Waals surface area contributed by atoms with Crippen LogP contribution in [0.1, 0.15) is 11.1 Å². The highest BCUT2D eigenvalue weighted by molar-refractivity contribution is 9.10. The molecule has 0 atom stereocenters. The van der Waals surface area contributed by atoms with Gasteiger partial charge in [-0.2, -0.15) is 5.26 Å². The van der Waals surface area contributed by atoms with Crippen LogP contribution in [-0.4, -0.2) is 19.8 Å². The zero-order valence-electron chi connectivity index (χ0n) is 17.6. The highest BCUT2D eigenvalue weighted by atomic mass is 79.9. The van der Waals surface area contributed by atoms with Crippen molar-refractivity contribution in [3.05, 3.63) is 81.8 Å². The molecule has 33 heavy (non-hydrogen) atoms. The van der Waals surface area contributed by atoms with E-state index < -0.39 is 5.91 Å². The van der Waals surface area contributed by atoms with Crippen molar-refractivity contribution in [2.24, 2.45) is 0 Å². The van der Waals surface area contributed by atoms with Gasteiger partial charge in [-0.1, -0.05) is 40.2 Å². The third kappa shape index (κ3) is 5.27. The van der Waals surface area contributed by atoms with Crippen LogP contribution >= 0.6 is 15.9 Å². The maximum absolute atomic E-state index is 12.5. The number of nitriles is 1. The van der Waals surface area contributed by atoms with Crippen LogP contribution in [0.3, 0.4) is 0 Å². The number of nitrogens with one attached hydrogen (secondary N) is 1. The monoisotopic (exact) mass is 506 g/mol. The number of para-hydroxylation sites is 1. The van der Waals surface area contributed by atoms with Crippen LogP contribution in [0.25, 0.3) is 6.08 Å². The van der Waals surface area contributed by atoms with E-state index in [1.165, 1.54) is 13.2 Å². The summed E-state index contributed by atoms with van der Waals surface area (Å²) < 4.78 is 22.8. The summed E-state index contributed by atoms with van der Waals surface area (Å²) in [6, 6.07) is 19.9. The van der Waals surface area contributed by atoms with Crippen LogP contribution in [0, 0.1) is 11.3 Å². The minimum absolute atomic E-state index is 0.0457. The van der Waals surface area contributed by atoms with E-state index in [1.54, 1.807) is 36.4 Å². The van der Waals surface area contributed by atoms with Crippen LogP contribution < -0.4 is 24.3 Å². The Morgan fingerprint density at radius 2 is 1.91 bits per heavy atom. The number of hydrogen-bond acceptors (Lipinski definition) is 6. The van der Waals surface area contributed by atoms with Gasteiger partial charge >= 0.3 is 0 Å². The molecule has 0 aliphatic carbocycles. The SMILES string of the molecule is COc1cc(/C=C(/C#N)C(=O)Nc2ccccc2)c(Br)cc1OCc1ccc2c(c1)OCO2. The predicted octanol–water partition coefficient (Wildman–Crippen LogP) is 5.31. The van der Waals surface area contributed by atoms with Crippen LogP contribution in [0.2, 0.25) is 0 Å². The van der Waals surface area contributed by atoms with Gasteiger partial charge in [-0.3, -0.25) is 4.79 Å². The van der Waals surface area contributed by atoms with Crippen molar-refractivity contribution in [1.29, 1.82) is 5.26 Å². The van der Waals surface area contributed by atoms with E-state index >= 15 is 0 Å². The zero-order valence-corrected chi connectivity index (χ0v) is 19.2. The van der Waals surface area contributed by atoms with Crippen molar-refractivity contribution in [2.75, 3.05) is 19.2 Å². The van der Waals surface area contributed by atoms with Gasteiger partial charge in [0.05, 0.1) is 7.11 Å². The fraction of sp³-hybridized carbons (Fsp3) is 0.120. The van der Waals surface area contributed by atoms with Gasteiger partial charge in [0.1, 0.15) is 18.2 Å². The summed E-state index contributed by atoms with van der Waals surface area (Å²) in [4.78, 5) is 12.5. The lowest BCUT2D eigenvalue weighted by Crippen LogP contribution is -2.13. The molecular weight excluding hydrogens is 488 g/mol. The third-order valence-electron chi connectivity index (χ3n) is 4.81. The second kappa shape index (κ2) is 10.1. The molecule has 3 aromatic rings. The molecular formula is C25H19BrN2O5. The molecule has 1 N–H and O–H groups in total. The second-order valence-electron chi connectivity index (χ2n) is 6.99. The molecule has 1 amide bonds. The quantitative estimate of drug-likeness (QED) is 0.345. The topological polar surface area (TPSA) is 89.8 Å². The third-order valence-corrected chi connectivity index (χ3v) is 5.50. The number of benzene rings is 3. The highest BCUT2D eigenvalue weighted by Gasteiger charge is 2.16. The van der Waals surface area contributed by atoms with Crippen molar-refractivity contribution in [3.63, 3.8) is 0 Å². The Morgan fingerprint density at radius 1 is 1.12 bits per heavy atom. The van der Waals surface area contributed by atoms with Gasteiger partial charge in [-0.05, 0) is 53.6 Å². The van der Waals surface area contributed by atoms with Crippen LogP contribution in [0.5, 0.6) is 23.0 Å². The number of methoxy groups -OCH3 is 1. The lowest BCUT2D eigenvalue weighted by molar-refractivity contribution is -0.112. The lowest BCUT2D eigenvalue weighted by Gasteiger charge is -2.13. The van der Waals surface area contributed by atoms with E-state index in [-0.39, 0.29) is 19.0 Å². The highest BCUT2D eigenvalue weighted by Crippen LogP contribution is 2.36. The number of anilines is 1. The standard InChI is InChI=1S/C25H19BrN2O5/c1-30-22-11-17(10-18(13-27)25(29)28-19-5-3-2-4-6-19)20(26)12-24(22)31-14-16-7-8-21-23(9-16)33-15-32-21/h2-12H,14-15H2,1H3,(H,28,29)/b18-10-. The first kappa shape index (κ1) is 22.2. The summed E-state index contributed by atoms with van der Waals surface area (Å²) in [6.45, 7) is 0.501. The van der Waals surface area contributed by atoms with Gasteiger partial charge in [0.2, 0.25) is 6.79 Å². The van der Waals surface area contributed by atoms with E-state index in [0.717, 1.165) is 5.56 Å². The molecule has 8 heteroatoms. The average molecular weight is 507 g/mol. The van der Waals surface area contributed by atoms with Gasteiger partial charge in [0.15, 0.2) is 23.0 Å². The van der Waals surface area contributed by atoms with E-state index in [2.05, 4.69) is 21.2 Å². The van der Waals surface area contributed by atoms with Crippen LogP contribution in [-0.2, 0) is 11.4 Å². The number of rotatable bonds is 7. The number of fused-ring (bicyclic) bond motifs is 1. The largest absolute Gasteiger partial charge is 0.493 e. The first-order valence-corrected chi connectivity index (χ1v) is 10.7. The van der Waals surface area contributed by atoms with Crippen molar-refractivity contribution in [1.82, 2.24) is 0 Å². The van der Waals surface area contributed by atoms with Crippen LogP contribution in [0.4, 0.5) is 5.69 Å². The fourth-order valence-corrected chi connectivity index (χ4v) is 3.59. The minimum Gasteiger partial charge on any atom is -0.493 e. The maximum Gasteiger partial charge on any atom is 0.266 e. The summed E-state index contributed by atoms with van der Waals surface area (Å²) >= 11 is 3.49. The van der Waals surface area contributed by atoms with E-state index in [9.17, 15) is 10.1 Å². The number of amides is 1. The maximum atomic E-state index is 12.5. The van der Waals surface area contributed by atoms with E-state index in [1.807, 2.05) is 30.3 Å². The van der Waals surface area contributed by atoms with E-state index in [0.29, 0.717) is 38.7 Å². The predicted molar refractivity (Wildman–Crippen MR) is 126 cm³/mol. The molecule has 0 bridgehead atoms. The molecule has 0 spiro atoms. The Hall–Kier alpha value is -3.96. The number of halogens is 1. The van der Waals surface area contributed by atoms with Gasteiger partial charge < -0.3 is 24.3 Å². The second-order valence-corrected chi connectivity index (χ2v) is 7.85. The molecule has 4 rings (SSSR count). The zero-order chi connectivity index (χ0) is 23.2. The Labute approximate surface area is 199 Å². The number of nitrogens with zero attached hydrogens (tertiary/aromatic N) is 1. The summed E-state index contributed by atoms with van der Waals surface area (Å²) in [6.07, 6.45) is 1.49. The van der Waals surface area contributed by atoms with Crippen molar-refractivity contribution >= 4 is 33.6 Å². The Kier molecular flexibility index (Phi) is 6.81. The molecule has 0 saturated heterocycles. The summed E-state index contributed by atoms with van der Waals surface area (Å²) in [5, 5.41) is 12.2. The number of carbonyl (C=O) groups is 1. The minimum atomic E-state index is -0.502. The van der Waals surface area contributed by atoms with Gasteiger partial charge in [-0.25, -0.2) is 0 Å². The Balaban J connectivity index is 1.52. The Morgan fingerprint density at radius 3 is 2.67 bits per heavy atom. The average Bonchev–Trinajstić information content (AvgIpc) is 3.30. The summed E-state index contributed by atoms with van der Waals surface area (Å²) in [5.41, 5.74) is 2.07. The summed E-state index contributed by atoms with van der Waals surface area (Å²) in [5.74, 6) is 1.86. The number of hydrogen-bond donors (Lipinski definition) is 1.